The first kappa shape index (κ1) is 15.8. The van der Waals surface area contributed by atoms with E-state index in [4.69, 9.17) is 9.84 Å². The number of hydrogen-bond donors (Lipinski definition) is 2. The Bertz CT molecular complexity index is 372. The Hall–Kier alpha value is -1.30. The maximum absolute atomic E-state index is 12.2. The molecule has 1 aliphatic heterocycles. The Morgan fingerprint density at radius 3 is 1.95 bits per heavy atom. The molecule has 1 heterocycles. The molecule has 1 rings (SSSR count). The number of carboxylic acid groups (broad SMARTS) is 1. The number of rotatable bonds is 2. The smallest absolute Gasteiger partial charge is 0.328 e. The summed E-state index contributed by atoms with van der Waals surface area (Å²) in [6.07, 6.45) is 0. The number of carbonyl (C=O) groups is 2. The van der Waals surface area contributed by atoms with Crippen LogP contribution in [0.4, 0.5) is 4.79 Å². The summed E-state index contributed by atoms with van der Waals surface area (Å²) in [5, 5.41) is 11.6. The standard InChI is InChI=1S/C13H24N2O4/c1-11(2)7-15(8-12(3,4)19-11)10(18)14-13(5,6)9(16)17/h7-8H2,1-6H3,(H,14,18)(H,16,17). The van der Waals surface area contributed by atoms with Crippen LogP contribution in [-0.4, -0.2) is 51.8 Å². The minimum Gasteiger partial charge on any atom is -0.480 e. The van der Waals surface area contributed by atoms with Gasteiger partial charge in [-0.2, -0.15) is 0 Å². The van der Waals surface area contributed by atoms with Crippen LogP contribution < -0.4 is 5.32 Å². The van der Waals surface area contributed by atoms with Crippen LogP contribution in [-0.2, 0) is 9.53 Å². The minimum absolute atomic E-state index is 0.378. The van der Waals surface area contributed by atoms with E-state index in [0.29, 0.717) is 13.1 Å². The molecule has 6 heteroatoms. The first-order valence-electron chi connectivity index (χ1n) is 6.35. The Morgan fingerprint density at radius 2 is 1.58 bits per heavy atom. The number of morpholine rings is 1. The summed E-state index contributed by atoms with van der Waals surface area (Å²) in [6.45, 7) is 11.4. The fraction of sp³-hybridized carbons (Fsp3) is 0.846. The lowest BCUT2D eigenvalue weighted by Crippen LogP contribution is -2.63. The minimum atomic E-state index is -1.29. The monoisotopic (exact) mass is 272 g/mol. The normalized spacial score (nSPS) is 21.9. The molecule has 2 amide bonds. The van der Waals surface area contributed by atoms with Crippen molar-refractivity contribution in [2.75, 3.05) is 13.1 Å². The van der Waals surface area contributed by atoms with Crippen molar-refractivity contribution in [2.45, 2.75) is 58.3 Å². The summed E-state index contributed by atoms with van der Waals surface area (Å²) in [4.78, 5) is 24.8. The van der Waals surface area contributed by atoms with Crippen molar-refractivity contribution in [2.24, 2.45) is 0 Å². The second-order valence-electron chi connectivity index (χ2n) is 6.84. The molecular formula is C13H24N2O4. The van der Waals surface area contributed by atoms with E-state index >= 15 is 0 Å². The van der Waals surface area contributed by atoms with Crippen LogP contribution in [0, 0.1) is 0 Å². The molecule has 0 aromatic carbocycles. The van der Waals surface area contributed by atoms with Gasteiger partial charge in [-0.3, -0.25) is 0 Å². The number of nitrogens with one attached hydrogen (secondary N) is 1. The lowest BCUT2D eigenvalue weighted by molar-refractivity contribution is -0.170. The summed E-state index contributed by atoms with van der Waals surface area (Å²) >= 11 is 0. The van der Waals surface area contributed by atoms with E-state index in [0.717, 1.165) is 0 Å². The summed E-state index contributed by atoms with van der Waals surface area (Å²) < 4.78 is 5.88. The highest BCUT2D eigenvalue weighted by atomic mass is 16.5. The number of nitrogens with zero attached hydrogens (tertiary/aromatic N) is 1. The second kappa shape index (κ2) is 4.67. The van der Waals surface area contributed by atoms with Crippen molar-refractivity contribution >= 4 is 12.0 Å². The fourth-order valence-corrected chi connectivity index (χ4v) is 2.33. The lowest BCUT2D eigenvalue weighted by atomic mass is 9.99. The summed E-state index contributed by atoms with van der Waals surface area (Å²) in [5.41, 5.74) is -2.19. The molecule has 110 valence electrons. The SMILES string of the molecule is CC1(C)CN(C(=O)NC(C)(C)C(=O)O)CC(C)(C)O1. The summed E-state index contributed by atoms with van der Waals surface area (Å²) in [6, 6.07) is -0.378. The Labute approximate surface area is 114 Å². The zero-order valence-corrected chi connectivity index (χ0v) is 12.5. The van der Waals surface area contributed by atoms with E-state index in [1.165, 1.54) is 13.8 Å². The van der Waals surface area contributed by atoms with Crippen LogP contribution in [0.15, 0.2) is 0 Å². The zero-order chi connectivity index (χ0) is 15.1. The van der Waals surface area contributed by atoms with E-state index in [9.17, 15) is 9.59 Å². The van der Waals surface area contributed by atoms with Gasteiger partial charge in [-0.25, -0.2) is 9.59 Å². The molecule has 1 saturated heterocycles. The number of hydrogen-bond acceptors (Lipinski definition) is 3. The first-order chi connectivity index (χ1) is 8.35. The van der Waals surface area contributed by atoms with Crippen molar-refractivity contribution in [3.8, 4) is 0 Å². The predicted octanol–water partition coefficient (Wildman–Crippen LogP) is 1.45. The van der Waals surface area contributed by atoms with E-state index in [2.05, 4.69) is 5.32 Å². The lowest BCUT2D eigenvalue weighted by Gasteiger charge is -2.47. The average Bonchev–Trinajstić information content (AvgIpc) is 2.11. The Morgan fingerprint density at radius 1 is 1.16 bits per heavy atom. The Kier molecular flexibility index (Phi) is 3.87. The molecule has 0 atom stereocenters. The van der Waals surface area contributed by atoms with Gasteiger partial charge in [0, 0.05) is 0 Å². The summed E-state index contributed by atoms with van der Waals surface area (Å²) in [7, 11) is 0. The van der Waals surface area contributed by atoms with Crippen LogP contribution in [0.5, 0.6) is 0 Å². The maximum Gasteiger partial charge on any atom is 0.328 e. The zero-order valence-electron chi connectivity index (χ0n) is 12.5. The number of aliphatic carboxylic acids is 1. The third-order valence-corrected chi connectivity index (χ3v) is 2.94. The van der Waals surface area contributed by atoms with E-state index in [1.54, 1.807) is 4.90 Å². The molecule has 0 bridgehead atoms. The van der Waals surface area contributed by atoms with Crippen molar-refractivity contribution in [3.05, 3.63) is 0 Å². The van der Waals surface area contributed by atoms with E-state index in [-0.39, 0.29) is 6.03 Å². The van der Waals surface area contributed by atoms with Gasteiger partial charge < -0.3 is 20.1 Å². The molecule has 0 saturated carbocycles. The van der Waals surface area contributed by atoms with Gasteiger partial charge in [0.2, 0.25) is 0 Å². The number of carboxylic acids is 1. The van der Waals surface area contributed by atoms with Gasteiger partial charge in [0.05, 0.1) is 24.3 Å². The van der Waals surface area contributed by atoms with Gasteiger partial charge in [0.15, 0.2) is 0 Å². The number of ether oxygens (including phenoxy) is 1. The molecule has 1 aliphatic rings. The molecule has 19 heavy (non-hydrogen) atoms. The predicted molar refractivity (Wildman–Crippen MR) is 71.1 cm³/mol. The molecule has 0 aromatic heterocycles. The maximum atomic E-state index is 12.2. The van der Waals surface area contributed by atoms with Crippen molar-refractivity contribution in [3.63, 3.8) is 0 Å². The average molecular weight is 272 g/mol. The van der Waals surface area contributed by atoms with Crippen LogP contribution in [0.2, 0.25) is 0 Å². The highest BCUT2D eigenvalue weighted by Crippen LogP contribution is 2.28. The number of urea groups is 1. The van der Waals surface area contributed by atoms with Gasteiger partial charge in [-0.05, 0) is 41.5 Å². The third-order valence-electron chi connectivity index (χ3n) is 2.94. The molecule has 0 aromatic rings. The van der Waals surface area contributed by atoms with Crippen LogP contribution in [0.1, 0.15) is 41.5 Å². The van der Waals surface area contributed by atoms with E-state index in [1.807, 2.05) is 27.7 Å². The highest BCUT2D eigenvalue weighted by molar-refractivity contribution is 5.85. The Balaban J connectivity index is 2.80. The topological polar surface area (TPSA) is 78.9 Å². The second-order valence-corrected chi connectivity index (χ2v) is 6.84. The molecule has 1 fully saturated rings. The van der Waals surface area contributed by atoms with Gasteiger partial charge >= 0.3 is 12.0 Å². The number of amides is 2. The third kappa shape index (κ3) is 4.09. The molecule has 0 spiro atoms. The van der Waals surface area contributed by atoms with Crippen molar-refractivity contribution < 1.29 is 19.4 Å². The number of carbonyl (C=O) groups excluding carboxylic acids is 1. The largest absolute Gasteiger partial charge is 0.480 e. The van der Waals surface area contributed by atoms with Crippen LogP contribution >= 0.6 is 0 Å². The summed E-state index contributed by atoms with van der Waals surface area (Å²) in [5.74, 6) is -1.06. The molecule has 2 N–H and O–H groups in total. The van der Waals surface area contributed by atoms with Gasteiger partial charge in [0.1, 0.15) is 5.54 Å². The molecule has 0 aliphatic carbocycles. The van der Waals surface area contributed by atoms with E-state index < -0.39 is 22.7 Å². The molecule has 6 nitrogen and oxygen atoms in total. The van der Waals surface area contributed by atoms with Gasteiger partial charge in [-0.1, -0.05) is 0 Å². The highest BCUT2D eigenvalue weighted by Gasteiger charge is 2.41. The molecule has 0 unspecified atom stereocenters. The van der Waals surface area contributed by atoms with Crippen molar-refractivity contribution in [1.29, 1.82) is 0 Å². The quantitative estimate of drug-likeness (QED) is 0.797. The molecule has 0 radical (unpaired) electrons. The van der Waals surface area contributed by atoms with Crippen LogP contribution in [0.25, 0.3) is 0 Å². The first-order valence-corrected chi connectivity index (χ1v) is 6.35. The fourth-order valence-electron chi connectivity index (χ4n) is 2.33. The van der Waals surface area contributed by atoms with Gasteiger partial charge in [0.25, 0.3) is 0 Å². The van der Waals surface area contributed by atoms with Crippen molar-refractivity contribution in [1.82, 2.24) is 10.2 Å². The molecular weight excluding hydrogens is 248 g/mol. The van der Waals surface area contributed by atoms with Crippen LogP contribution in [0.3, 0.4) is 0 Å². The van der Waals surface area contributed by atoms with Gasteiger partial charge in [-0.15, -0.1) is 0 Å².